The van der Waals surface area contributed by atoms with E-state index in [-0.39, 0.29) is 11.9 Å². The van der Waals surface area contributed by atoms with Crippen LogP contribution in [-0.4, -0.2) is 38.6 Å². The van der Waals surface area contributed by atoms with Crippen molar-refractivity contribution in [2.45, 2.75) is 44.9 Å². The Kier molecular flexibility index (Phi) is 5.29. The molecular weight excluding hydrogens is 318 g/mol. The van der Waals surface area contributed by atoms with Crippen LogP contribution in [0.3, 0.4) is 0 Å². The molecule has 5 heteroatoms. The lowest BCUT2D eigenvalue weighted by atomic mass is 10.0. The standard InChI is InChI=1S/C19H25N3OS/c1-13-17(14(2)21-20-13)9-10-18(23)22-11-12-24-15(3)19(22)16-7-5-4-6-8-16/h4-8,15,19H,9-12H2,1-3H3,(H,20,21)/t15-,19+/m0/s1. The van der Waals surface area contributed by atoms with E-state index in [2.05, 4.69) is 46.3 Å². The minimum atomic E-state index is 0.170. The summed E-state index contributed by atoms with van der Waals surface area (Å²) in [6.45, 7) is 7.07. The highest BCUT2D eigenvalue weighted by Gasteiger charge is 2.33. The second-order valence-corrected chi connectivity index (χ2v) is 7.92. The number of aromatic nitrogens is 2. The van der Waals surface area contributed by atoms with Crippen LogP contribution in [0.15, 0.2) is 30.3 Å². The third-order valence-electron chi connectivity index (χ3n) is 4.82. The van der Waals surface area contributed by atoms with Crippen LogP contribution >= 0.6 is 11.8 Å². The van der Waals surface area contributed by atoms with Gasteiger partial charge in [-0.3, -0.25) is 9.89 Å². The summed E-state index contributed by atoms with van der Waals surface area (Å²) in [5.74, 6) is 1.26. The molecule has 1 aliphatic rings. The Labute approximate surface area is 148 Å². The maximum atomic E-state index is 12.9. The molecule has 3 rings (SSSR count). The van der Waals surface area contributed by atoms with Crippen LogP contribution in [0, 0.1) is 13.8 Å². The molecule has 2 atom stereocenters. The van der Waals surface area contributed by atoms with Gasteiger partial charge in [-0.05, 0) is 31.4 Å². The lowest BCUT2D eigenvalue weighted by Gasteiger charge is -2.40. The summed E-state index contributed by atoms with van der Waals surface area (Å²) < 4.78 is 0. The van der Waals surface area contributed by atoms with E-state index in [0.29, 0.717) is 11.7 Å². The zero-order chi connectivity index (χ0) is 17.1. The summed E-state index contributed by atoms with van der Waals surface area (Å²) in [5, 5.41) is 7.65. The average molecular weight is 343 g/mol. The largest absolute Gasteiger partial charge is 0.334 e. The number of benzene rings is 1. The van der Waals surface area contributed by atoms with Gasteiger partial charge >= 0.3 is 0 Å². The molecule has 0 radical (unpaired) electrons. The number of hydrogen-bond acceptors (Lipinski definition) is 3. The van der Waals surface area contributed by atoms with Crippen molar-refractivity contribution in [1.29, 1.82) is 0 Å². The zero-order valence-corrected chi connectivity index (χ0v) is 15.4. The Morgan fingerprint density at radius 3 is 2.75 bits per heavy atom. The molecule has 1 aromatic carbocycles. The first-order valence-corrected chi connectivity index (χ1v) is 9.59. The van der Waals surface area contributed by atoms with Gasteiger partial charge < -0.3 is 4.90 Å². The third kappa shape index (κ3) is 3.51. The van der Waals surface area contributed by atoms with Gasteiger partial charge in [0.05, 0.1) is 11.7 Å². The van der Waals surface area contributed by atoms with Crippen molar-refractivity contribution in [2.24, 2.45) is 0 Å². The number of thioether (sulfide) groups is 1. The monoisotopic (exact) mass is 343 g/mol. The molecule has 4 nitrogen and oxygen atoms in total. The van der Waals surface area contributed by atoms with Crippen LogP contribution in [0.1, 0.15) is 41.9 Å². The molecule has 0 aliphatic carbocycles. The van der Waals surface area contributed by atoms with E-state index in [9.17, 15) is 4.79 Å². The van der Waals surface area contributed by atoms with Crippen molar-refractivity contribution in [3.05, 3.63) is 52.8 Å². The number of nitrogens with one attached hydrogen (secondary N) is 1. The van der Waals surface area contributed by atoms with Crippen molar-refractivity contribution < 1.29 is 4.79 Å². The molecule has 0 spiro atoms. The summed E-state index contributed by atoms with van der Waals surface area (Å²) in [6.07, 6.45) is 1.30. The summed E-state index contributed by atoms with van der Waals surface area (Å²) in [7, 11) is 0. The lowest BCUT2D eigenvalue weighted by Crippen LogP contribution is -2.44. The minimum absolute atomic E-state index is 0.170. The summed E-state index contributed by atoms with van der Waals surface area (Å²) >= 11 is 1.95. The molecule has 0 saturated carbocycles. The number of aryl methyl sites for hydroxylation is 2. The number of carbonyl (C=O) groups excluding carboxylic acids is 1. The minimum Gasteiger partial charge on any atom is -0.334 e. The Morgan fingerprint density at radius 1 is 1.33 bits per heavy atom. The van der Waals surface area contributed by atoms with Gasteiger partial charge in [0, 0.05) is 29.7 Å². The second kappa shape index (κ2) is 7.43. The van der Waals surface area contributed by atoms with E-state index in [0.717, 1.165) is 30.1 Å². The van der Waals surface area contributed by atoms with Gasteiger partial charge in [-0.15, -0.1) is 0 Å². The van der Waals surface area contributed by atoms with E-state index >= 15 is 0 Å². The molecule has 1 aliphatic heterocycles. The van der Waals surface area contributed by atoms with E-state index in [4.69, 9.17) is 0 Å². The van der Waals surface area contributed by atoms with Crippen LogP contribution in [0.4, 0.5) is 0 Å². The maximum absolute atomic E-state index is 12.9. The maximum Gasteiger partial charge on any atom is 0.223 e. The lowest BCUT2D eigenvalue weighted by molar-refractivity contribution is -0.133. The topological polar surface area (TPSA) is 49.0 Å². The van der Waals surface area contributed by atoms with E-state index in [1.807, 2.05) is 31.7 Å². The van der Waals surface area contributed by atoms with Gasteiger partial charge in [0.2, 0.25) is 5.91 Å². The average Bonchev–Trinajstić information content (AvgIpc) is 2.91. The van der Waals surface area contributed by atoms with Gasteiger partial charge in [0.25, 0.3) is 0 Å². The molecule has 1 aromatic heterocycles. The normalized spacial score (nSPS) is 21.0. The molecule has 24 heavy (non-hydrogen) atoms. The summed E-state index contributed by atoms with van der Waals surface area (Å²) in [4.78, 5) is 15.0. The van der Waals surface area contributed by atoms with Crippen LogP contribution in [0.25, 0.3) is 0 Å². The quantitative estimate of drug-likeness (QED) is 0.921. The first kappa shape index (κ1) is 17.1. The first-order chi connectivity index (χ1) is 11.6. The molecule has 1 saturated heterocycles. The van der Waals surface area contributed by atoms with E-state index < -0.39 is 0 Å². The van der Waals surface area contributed by atoms with Crippen molar-refractivity contribution >= 4 is 17.7 Å². The fourth-order valence-electron chi connectivity index (χ4n) is 3.52. The molecular formula is C19H25N3OS. The molecule has 1 fully saturated rings. The number of H-pyrrole nitrogens is 1. The molecule has 0 bridgehead atoms. The molecule has 2 heterocycles. The number of carbonyl (C=O) groups is 1. The molecule has 0 unspecified atom stereocenters. The fraction of sp³-hybridized carbons (Fsp3) is 0.474. The van der Waals surface area contributed by atoms with Gasteiger partial charge in [-0.2, -0.15) is 16.9 Å². The molecule has 128 valence electrons. The SMILES string of the molecule is Cc1n[nH]c(C)c1CCC(=O)N1CCS[C@@H](C)[C@@H]1c1ccccc1. The number of amides is 1. The Balaban J connectivity index is 1.74. The highest BCUT2D eigenvalue weighted by Crippen LogP contribution is 2.36. The third-order valence-corrected chi connectivity index (χ3v) is 6.03. The van der Waals surface area contributed by atoms with Crippen molar-refractivity contribution in [2.75, 3.05) is 12.3 Å². The Bertz CT molecular complexity index is 678. The van der Waals surface area contributed by atoms with Crippen LogP contribution in [-0.2, 0) is 11.2 Å². The molecule has 2 aromatic rings. The first-order valence-electron chi connectivity index (χ1n) is 8.54. The van der Waals surface area contributed by atoms with Crippen molar-refractivity contribution in [1.82, 2.24) is 15.1 Å². The molecule has 1 amide bonds. The zero-order valence-electron chi connectivity index (χ0n) is 14.6. The van der Waals surface area contributed by atoms with Gasteiger partial charge in [0.15, 0.2) is 0 Å². The number of hydrogen-bond donors (Lipinski definition) is 1. The van der Waals surface area contributed by atoms with Crippen LogP contribution < -0.4 is 0 Å². The summed E-state index contributed by atoms with van der Waals surface area (Å²) in [5.41, 5.74) is 4.49. The Hall–Kier alpha value is -1.75. The van der Waals surface area contributed by atoms with Crippen molar-refractivity contribution in [3.63, 3.8) is 0 Å². The number of aromatic amines is 1. The van der Waals surface area contributed by atoms with E-state index in [1.165, 1.54) is 11.1 Å². The predicted octanol–water partition coefficient (Wildman–Crippen LogP) is 3.66. The Morgan fingerprint density at radius 2 is 2.08 bits per heavy atom. The fourth-order valence-corrected chi connectivity index (χ4v) is 4.68. The van der Waals surface area contributed by atoms with Gasteiger partial charge in [-0.1, -0.05) is 37.3 Å². The smallest absolute Gasteiger partial charge is 0.223 e. The predicted molar refractivity (Wildman–Crippen MR) is 99.2 cm³/mol. The van der Waals surface area contributed by atoms with Crippen LogP contribution in [0.2, 0.25) is 0 Å². The van der Waals surface area contributed by atoms with Gasteiger partial charge in [0.1, 0.15) is 0 Å². The number of rotatable bonds is 4. The summed E-state index contributed by atoms with van der Waals surface area (Å²) in [6, 6.07) is 10.6. The second-order valence-electron chi connectivity index (χ2n) is 6.43. The highest BCUT2D eigenvalue weighted by molar-refractivity contribution is 8.00. The highest BCUT2D eigenvalue weighted by atomic mass is 32.2. The van der Waals surface area contributed by atoms with Gasteiger partial charge in [-0.25, -0.2) is 0 Å². The van der Waals surface area contributed by atoms with Crippen LogP contribution in [0.5, 0.6) is 0 Å². The number of nitrogens with zero attached hydrogens (tertiary/aromatic N) is 2. The van der Waals surface area contributed by atoms with Crippen molar-refractivity contribution in [3.8, 4) is 0 Å². The van der Waals surface area contributed by atoms with E-state index in [1.54, 1.807) is 0 Å². The molecule has 1 N–H and O–H groups in total.